The number of amides is 1. The van der Waals surface area contributed by atoms with Gasteiger partial charge < -0.3 is 15.5 Å². The second kappa shape index (κ2) is 9.65. The van der Waals surface area contributed by atoms with E-state index in [1.54, 1.807) is 13.1 Å². The van der Waals surface area contributed by atoms with Crippen molar-refractivity contribution >= 4 is 11.9 Å². The van der Waals surface area contributed by atoms with Crippen molar-refractivity contribution in [1.29, 1.82) is 0 Å². The standard InChI is InChI=1S/C22H25F3N4O/c1-26-21(27-13-16-6-4-9-19(12-16)22(23,24)25)28-14-17-7-2-3-8-18(17)15-29-11-5-10-20(29)30/h2-4,6-9,12H,5,10-11,13-15H2,1H3,(H2,26,27,28). The predicted molar refractivity (Wildman–Crippen MR) is 110 cm³/mol. The van der Waals surface area contributed by atoms with Crippen molar-refractivity contribution in [3.05, 3.63) is 70.8 Å². The van der Waals surface area contributed by atoms with Crippen molar-refractivity contribution in [3.63, 3.8) is 0 Å². The van der Waals surface area contributed by atoms with Crippen LogP contribution < -0.4 is 10.6 Å². The number of benzene rings is 2. The maximum absolute atomic E-state index is 12.9. The average Bonchev–Trinajstić information content (AvgIpc) is 3.13. The molecular weight excluding hydrogens is 393 g/mol. The van der Waals surface area contributed by atoms with Gasteiger partial charge in [-0.1, -0.05) is 36.4 Å². The molecule has 1 heterocycles. The Morgan fingerprint density at radius 3 is 2.47 bits per heavy atom. The summed E-state index contributed by atoms with van der Waals surface area (Å²) >= 11 is 0. The molecule has 3 rings (SSSR count). The predicted octanol–water partition coefficient (Wildman–Crippen LogP) is 3.69. The SMILES string of the molecule is CN=C(NCc1cccc(C(F)(F)F)c1)NCc1ccccc1CN1CCCC1=O. The van der Waals surface area contributed by atoms with Crippen LogP contribution in [-0.4, -0.2) is 30.4 Å². The molecule has 2 aromatic rings. The number of carbonyl (C=O) groups excluding carboxylic acids is 1. The summed E-state index contributed by atoms with van der Waals surface area (Å²) in [5.74, 6) is 0.663. The van der Waals surface area contributed by atoms with Gasteiger partial charge in [0.25, 0.3) is 0 Å². The largest absolute Gasteiger partial charge is 0.416 e. The maximum Gasteiger partial charge on any atom is 0.416 e. The Morgan fingerprint density at radius 2 is 1.80 bits per heavy atom. The van der Waals surface area contributed by atoms with Crippen molar-refractivity contribution in [2.45, 2.75) is 38.7 Å². The van der Waals surface area contributed by atoms with E-state index < -0.39 is 11.7 Å². The third kappa shape index (κ3) is 5.75. The molecule has 1 amide bonds. The molecule has 1 aliphatic rings. The van der Waals surface area contributed by atoms with E-state index in [0.29, 0.717) is 31.0 Å². The summed E-state index contributed by atoms with van der Waals surface area (Å²) in [5, 5.41) is 6.23. The van der Waals surface area contributed by atoms with Gasteiger partial charge in [0, 0.05) is 39.6 Å². The molecule has 0 bridgehead atoms. The second-order valence-electron chi connectivity index (χ2n) is 7.17. The number of hydrogen-bond acceptors (Lipinski definition) is 2. The molecule has 8 heteroatoms. The number of aliphatic imine (C=N–C) groups is 1. The van der Waals surface area contributed by atoms with Crippen molar-refractivity contribution in [2.75, 3.05) is 13.6 Å². The highest BCUT2D eigenvalue weighted by Gasteiger charge is 2.30. The van der Waals surface area contributed by atoms with Gasteiger partial charge in [0.1, 0.15) is 0 Å². The van der Waals surface area contributed by atoms with Crippen molar-refractivity contribution in [2.24, 2.45) is 4.99 Å². The fourth-order valence-electron chi connectivity index (χ4n) is 3.40. The van der Waals surface area contributed by atoms with Gasteiger partial charge in [-0.05, 0) is 35.2 Å². The van der Waals surface area contributed by atoms with Crippen molar-refractivity contribution in [1.82, 2.24) is 15.5 Å². The van der Waals surface area contributed by atoms with Gasteiger partial charge in [0.05, 0.1) is 5.56 Å². The second-order valence-corrected chi connectivity index (χ2v) is 7.17. The molecule has 2 N–H and O–H groups in total. The van der Waals surface area contributed by atoms with E-state index >= 15 is 0 Å². The highest BCUT2D eigenvalue weighted by molar-refractivity contribution is 5.79. The first-order valence-electron chi connectivity index (χ1n) is 9.82. The third-order valence-corrected chi connectivity index (χ3v) is 5.04. The number of nitrogens with zero attached hydrogens (tertiary/aromatic N) is 2. The number of nitrogens with one attached hydrogen (secondary N) is 2. The van der Waals surface area contributed by atoms with Crippen LogP contribution in [0.2, 0.25) is 0 Å². The van der Waals surface area contributed by atoms with E-state index in [1.165, 1.54) is 6.07 Å². The molecule has 0 aromatic heterocycles. The smallest absolute Gasteiger partial charge is 0.352 e. The molecule has 0 aliphatic carbocycles. The molecule has 1 aliphatic heterocycles. The van der Waals surface area contributed by atoms with Crippen molar-refractivity contribution < 1.29 is 18.0 Å². The molecule has 1 fully saturated rings. The molecule has 5 nitrogen and oxygen atoms in total. The summed E-state index contributed by atoms with van der Waals surface area (Å²) in [5.41, 5.74) is 1.95. The van der Waals surface area contributed by atoms with Gasteiger partial charge in [-0.2, -0.15) is 13.2 Å². The average molecular weight is 418 g/mol. The molecular formula is C22H25F3N4O. The fraction of sp³-hybridized carbons (Fsp3) is 0.364. The number of halogens is 3. The van der Waals surface area contributed by atoms with Gasteiger partial charge in [-0.15, -0.1) is 0 Å². The summed E-state index contributed by atoms with van der Waals surface area (Å²) in [6.45, 7) is 2.06. The van der Waals surface area contributed by atoms with Crippen LogP contribution in [0, 0.1) is 0 Å². The molecule has 30 heavy (non-hydrogen) atoms. The summed E-state index contributed by atoms with van der Waals surface area (Å²) in [7, 11) is 1.61. The van der Waals surface area contributed by atoms with E-state index in [0.717, 1.165) is 36.2 Å². The van der Waals surface area contributed by atoms with E-state index in [-0.39, 0.29) is 12.5 Å². The summed E-state index contributed by atoms with van der Waals surface area (Å²) in [4.78, 5) is 17.9. The lowest BCUT2D eigenvalue weighted by atomic mass is 10.1. The van der Waals surface area contributed by atoms with Crippen molar-refractivity contribution in [3.8, 4) is 0 Å². The quantitative estimate of drug-likeness (QED) is 0.556. The lowest BCUT2D eigenvalue weighted by Gasteiger charge is -2.19. The normalized spacial score (nSPS) is 14.9. The summed E-state index contributed by atoms with van der Waals surface area (Å²) < 4.78 is 38.6. The van der Waals surface area contributed by atoms with E-state index in [1.807, 2.05) is 29.2 Å². The molecule has 2 aromatic carbocycles. The number of alkyl halides is 3. The zero-order valence-electron chi connectivity index (χ0n) is 16.8. The van der Waals surface area contributed by atoms with E-state index in [9.17, 15) is 18.0 Å². The third-order valence-electron chi connectivity index (χ3n) is 5.04. The van der Waals surface area contributed by atoms with Crippen LogP contribution in [0.25, 0.3) is 0 Å². The highest BCUT2D eigenvalue weighted by Crippen LogP contribution is 2.29. The Morgan fingerprint density at radius 1 is 1.07 bits per heavy atom. The molecule has 0 spiro atoms. The first kappa shape index (κ1) is 21.7. The van der Waals surface area contributed by atoms with Crippen LogP contribution >= 0.6 is 0 Å². The number of rotatable bonds is 6. The summed E-state index contributed by atoms with van der Waals surface area (Å²) in [6.07, 6.45) is -2.87. The monoisotopic (exact) mass is 418 g/mol. The minimum absolute atomic E-state index is 0.177. The first-order chi connectivity index (χ1) is 14.4. The Kier molecular flexibility index (Phi) is 6.97. The van der Waals surface area contributed by atoms with Gasteiger partial charge in [-0.3, -0.25) is 9.79 Å². The van der Waals surface area contributed by atoms with Crippen LogP contribution in [0.4, 0.5) is 13.2 Å². The fourth-order valence-corrected chi connectivity index (χ4v) is 3.40. The Labute approximate surface area is 174 Å². The molecule has 160 valence electrons. The van der Waals surface area contributed by atoms with Gasteiger partial charge >= 0.3 is 6.18 Å². The van der Waals surface area contributed by atoms with Crippen LogP contribution in [-0.2, 0) is 30.6 Å². The van der Waals surface area contributed by atoms with Gasteiger partial charge in [-0.25, -0.2) is 0 Å². The Bertz CT molecular complexity index is 911. The van der Waals surface area contributed by atoms with Crippen LogP contribution in [0.3, 0.4) is 0 Å². The van der Waals surface area contributed by atoms with E-state index in [2.05, 4.69) is 15.6 Å². The lowest BCUT2D eigenvalue weighted by molar-refractivity contribution is -0.137. The molecule has 0 atom stereocenters. The number of guanidine groups is 1. The number of likely N-dealkylation sites (tertiary alicyclic amines) is 1. The molecule has 0 unspecified atom stereocenters. The lowest BCUT2D eigenvalue weighted by Crippen LogP contribution is -2.36. The minimum Gasteiger partial charge on any atom is -0.352 e. The van der Waals surface area contributed by atoms with Crippen LogP contribution in [0.5, 0.6) is 0 Å². The zero-order chi connectivity index (χ0) is 21.6. The minimum atomic E-state index is -4.36. The van der Waals surface area contributed by atoms with Gasteiger partial charge in [0.15, 0.2) is 5.96 Å². The van der Waals surface area contributed by atoms with Crippen LogP contribution in [0.15, 0.2) is 53.5 Å². The zero-order valence-corrected chi connectivity index (χ0v) is 16.8. The molecule has 1 saturated heterocycles. The highest BCUT2D eigenvalue weighted by atomic mass is 19.4. The maximum atomic E-state index is 12.9. The van der Waals surface area contributed by atoms with E-state index in [4.69, 9.17) is 0 Å². The first-order valence-corrected chi connectivity index (χ1v) is 9.82. The topological polar surface area (TPSA) is 56.7 Å². The van der Waals surface area contributed by atoms with Crippen LogP contribution in [0.1, 0.15) is 35.1 Å². The number of hydrogen-bond donors (Lipinski definition) is 2. The molecule has 0 radical (unpaired) electrons. The molecule has 0 saturated carbocycles. The number of carbonyl (C=O) groups is 1. The Hall–Kier alpha value is -3.03. The Balaban J connectivity index is 1.58. The van der Waals surface area contributed by atoms with Gasteiger partial charge in [0.2, 0.25) is 5.91 Å². The summed E-state index contributed by atoms with van der Waals surface area (Å²) in [6, 6.07) is 13.1.